The predicted molar refractivity (Wildman–Crippen MR) is 120 cm³/mol. The van der Waals surface area contributed by atoms with Gasteiger partial charge in [0.05, 0.1) is 11.2 Å². The first kappa shape index (κ1) is 20.9. The van der Waals surface area contributed by atoms with Crippen LogP contribution < -0.4 is 15.5 Å². The van der Waals surface area contributed by atoms with Crippen LogP contribution in [0.3, 0.4) is 0 Å². The van der Waals surface area contributed by atoms with Crippen molar-refractivity contribution < 1.29 is 18.8 Å². The van der Waals surface area contributed by atoms with E-state index in [0.29, 0.717) is 5.75 Å². The number of carbonyl (C=O) groups excluding carboxylic acids is 1. The quantitative estimate of drug-likeness (QED) is 0.606. The molecule has 5 nitrogen and oxygen atoms in total. The molecule has 0 bridgehead atoms. The van der Waals surface area contributed by atoms with Crippen molar-refractivity contribution in [3.8, 4) is 5.75 Å². The van der Waals surface area contributed by atoms with Crippen LogP contribution in [0.1, 0.15) is 47.0 Å². The zero-order valence-electron chi connectivity index (χ0n) is 18.2. The molecule has 0 aromatic heterocycles. The van der Waals surface area contributed by atoms with Crippen molar-refractivity contribution in [1.29, 1.82) is 0 Å². The number of carbonyl (C=O) groups is 1. The predicted octanol–water partition coefficient (Wildman–Crippen LogP) is 3.74. The summed E-state index contributed by atoms with van der Waals surface area (Å²) in [6, 6.07) is 12.1. The lowest BCUT2D eigenvalue weighted by Crippen LogP contribution is -2.41. The van der Waals surface area contributed by atoms with Gasteiger partial charge in [0.25, 0.3) is 5.91 Å². The topological polar surface area (TPSA) is 56.8 Å². The Balaban J connectivity index is 1.44. The fourth-order valence-electron chi connectivity index (χ4n) is 3.79. The summed E-state index contributed by atoms with van der Waals surface area (Å²) in [7, 11) is -0.404. The largest absolute Gasteiger partial charge is 0.494 e. The molecular formula is C24H30BNO4. The van der Waals surface area contributed by atoms with E-state index in [9.17, 15) is 4.79 Å². The second-order valence-corrected chi connectivity index (χ2v) is 9.18. The lowest BCUT2D eigenvalue weighted by Gasteiger charge is -2.32. The standard InChI is InChI=1S/C24H30BNO4/c1-23(2)24(3,4)30-25(29-23)19-12-10-17-11-13-21(15-18(17)14-19)28-16-22(27)26-20-8-6-5-7-9-20/h6,8,10-15,20H,5,7,9,16H2,1-4H3,(H,26,27). The van der Waals surface area contributed by atoms with E-state index in [2.05, 4.69) is 29.6 Å². The Morgan fingerprint density at radius 3 is 2.53 bits per heavy atom. The van der Waals surface area contributed by atoms with Gasteiger partial charge in [-0.1, -0.05) is 36.4 Å². The summed E-state index contributed by atoms with van der Waals surface area (Å²) in [6.07, 6.45) is 7.37. The number of amides is 1. The summed E-state index contributed by atoms with van der Waals surface area (Å²) >= 11 is 0. The second-order valence-electron chi connectivity index (χ2n) is 9.18. The Morgan fingerprint density at radius 2 is 1.83 bits per heavy atom. The maximum atomic E-state index is 12.2. The van der Waals surface area contributed by atoms with E-state index in [0.717, 1.165) is 35.5 Å². The Kier molecular flexibility index (Phi) is 5.64. The van der Waals surface area contributed by atoms with E-state index in [1.54, 1.807) is 0 Å². The third kappa shape index (κ3) is 4.40. The van der Waals surface area contributed by atoms with Crippen LogP contribution >= 0.6 is 0 Å². The zero-order valence-corrected chi connectivity index (χ0v) is 18.2. The maximum Gasteiger partial charge on any atom is 0.494 e. The molecule has 1 N–H and O–H groups in total. The first-order chi connectivity index (χ1) is 14.2. The molecule has 1 aliphatic carbocycles. The molecule has 1 heterocycles. The van der Waals surface area contributed by atoms with Crippen molar-refractivity contribution in [2.24, 2.45) is 0 Å². The zero-order chi connectivity index (χ0) is 21.4. The second kappa shape index (κ2) is 8.08. The van der Waals surface area contributed by atoms with E-state index in [4.69, 9.17) is 14.0 Å². The average molecular weight is 407 g/mol. The molecule has 30 heavy (non-hydrogen) atoms. The number of hydrogen-bond acceptors (Lipinski definition) is 4. The van der Waals surface area contributed by atoms with Crippen molar-refractivity contribution in [2.75, 3.05) is 6.61 Å². The molecule has 6 heteroatoms. The number of benzene rings is 2. The van der Waals surface area contributed by atoms with E-state index in [1.165, 1.54) is 0 Å². The lowest BCUT2D eigenvalue weighted by atomic mass is 9.78. The number of fused-ring (bicyclic) bond motifs is 1. The number of rotatable bonds is 5. The highest BCUT2D eigenvalue weighted by Gasteiger charge is 2.51. The fraction of sp³-hybridized carbons (Fsp3) is 0.458. The summed E-state index contributed by atoms with van der Waals surface area (Å²) in [4.78, 5) is 12.2. The molecule has 2 aliphatic rings. The molecule has 0 spiro atoms. The summed E-state index contributed by atoms with van der Waals surface area (Å²) in [6.45, 7) is 8.21. The van der Waals surface area contributed by atoms with Crippen LogP contribution in [0, 0.1) is 0 Å². The van der Waals surface area contributed by atoms with Gasteiger partial charge >= 0.3 is 7.12 Å². The van der Waals surface area contributed by atoms with Gasteiger partial charge in [0, 0.05) is 6.04 Å². The summed E-state index contributed by atoms with van der Waals surface area (Å²) < 4.78 is 18.1. The van der Waals surface area contributed by atoms with E-state index in [1.807, 2.05) is 52.0 Å². The molecular weight excluding hydrogens is 377 g/mol. The molecule has 1 atom stereocenters. The van der Waals surface area contributed by atoms with Crippen LogP contribution in [0.15, 0.2) is 48.6 Å². The Morgan fingerprint density at radius 1 is 1.10 bits per heavy atom. The van der Waals surface area contributed by atoms with Crippen molar-refractivity contribution in [2.45, 2.75) is 64.2 Å². The van der Waals surface area contributed by atoms with Gasteiger partial charge in [-0.2, -0.15) is 0 Å². The number of nitrogens with one attached hydrogen (secondary N) is 1. The van der Waals surface area contributed by atoms with Gasteiger partial charge < -0.3 is 19.4 Å². The first-order valence-corrected chi connectivity index (χ1v) is 10.7. The molecule has 4 rings (SSSR count). The van der Waals surface area contributed by atoms with Gasteiger partial charge in [0.2, 0.25) is 0 Å². The lowest BCUT2D eigenvalue weighted by molar-refractivity contribution is -0.123. The summed E-state index contributed by atoms with van der Waals surface area (Å²) in [5.74, 6) is 0.570. The third-order valence-corrected chi connectivity index (χ3v) is 6.33. The van der Waals surface area contributed by atoms with Crippen molar-refractivity contribution in [1.82, 2.24) is 5.32 Å². The van der Waals surface area contributed by atoms with Gasteiger partial charge in [0.1, 0.15) is 5.75 Å². The third-order valence-electron chi connectivity index (χ3n) is 6.33. The Bertz CT molecular complexity index is 953. The van der Waals surface area contributed by atoms with Crippen molar-refractivity contribution in [3.05, 3.63) is 48.6 Å². The van der Waals surface area contributed by atoms with Crippen molar-refractivity contribution >= 4 is 29.3 Å². The molecule has 158 valence electrons. The smallest absolute Gasteiger partial charge is 0.484 e. The van der Waals surface area contributed by atoms with Crippen LogP contribution in [0.5, 0.6) is 5.75 Å². The molecule has 0 radical (unpaired) electrons. The molecule has 1 fully saturated rings. The van der Waals surface area contributed by atoms with E-state index < -0.39 is 7.12 Å². The maximum absolute atomic E-state index is 12.2. The van der Waals surface area contributed by atoms with E-state index >= 15 is 0 Å². The number of hydrogen-bond donors (Lipinski definition) is 1. The SMILES string of the molecule is CC1(C)OB(c2ccc3ccc(OCC(=O)NC4C=CCCC4)cc3c2)OC1(C)C. The van der Waals surface area contributed by atoms with Gasteiger partial charge in [0.15, 0.2) is 6.61 Å². The van der Waals surface area contributed by atoms with Crippen LogP contribution in [0.4, 0.5) is 0 Å². The number of allylic oxidation sites excluding steroid dienone is 1. The highest BCUT2D eigenvalue weighted by atomic mass is 16.7. The molecule has 1 aliphatic heterocycles. The van der Waals surface area contributed by atoms with Gasteiger partial charge in [-0.25, -0.2) is 0 Å². The summed E-state index contributed by atoms with van der Waals surface area (Å²) in [5, 5.41) is 5.12. The van der Waals surface area contributed by atoms with Gasteiger partial charge in [-0.3, -0.25) is 4.79 Å². The van der Waals surface area contributed by atoms with Crippen LogP contribution in [-0.4, -0.2) is 36.9 Å². The molecule has 2 aromatic rings. The van der Waals surface area contributed by atoms with Crippen LogP contribution in [-0.2, 0) is 14.1 Å². The molecule has 2 aromatic carbocycles. The minimum Gasteiger partial charge on any atom is -0.484 e. The van der Waals surface area contributed by atoms with Crippen LogP contribution in [0.25, 0.3) is 10.8 Å². The Hall–Kier alpha value is -2.31. The minimum absolute atomic E-state index is 0.00671. The van der Waals surface area contributed by atoms with E-state index in [-0.39, 0.29) is 29.8 Å². The van der Waals surface area contributed by atoms with Gasteiger partial charge in [-0.15, -0.1) is 0 Å². The normalized spacial score (nSPS) is 22.3. The average Bonchev–Trinajstić information content (AvgIpc) is 2.94. The highest BCUT2D eigenvalue weighted by molar-refractivity contribution is 6.62. The van der Waals surface area contributed by atoms with Gasteiger partial charge in [-0.05, 0) is 75.3 Å². The summed E-state index contributed by atoms with van der Waals surface area (Å²) in [5.41, 5.74) is 0.219. The molecule has 1 saturated heterocycles. The molecule has 0 saturated carbocycles. The number of ether oxygens (including phenoxy) is 1. The Labute approximate surface area is 178 Å². The highest BCUT2D eigenvalue weighted by Crippen LogP contribution is 2.36. The first-order valence-electron chi connectivity index (χ1n) is 10.7. The fourth-order valence-corrected chi connectivity index (χ4v) is 3.79. The van der Waals surface area contributed by atoms with Crippen molar-refractivity contribution in [3.63, 3.8) is 0 Å². The van der Waals surface area contributed by atoms with Crippen LogP contribution in [0.2, 0.25) is 0 Å². The molecule has 1 amide bonds. The molecule has 1 unspecified atom stereocenters. The monoisotopic (exact) mass is 407 g/mol. The minimum atomic E-state index is -0.404.